The van der Waals surface area contributed by atoms with E-state index in [1.54, 1.807) is 10.6 Å². The molecule has 2 atom stereocenters. The Bertz CT molecular complexity index is 2710. The lowest BCUT2D eigenvalue weighted by molar-refractivity contribution is 1.12. The lowest BCUT2D eigenvalue weighted by Crippen LogP contribution is -2.08. The number of hydrogen-bond donors (Lipinski definition) is 0. The number of allylic oxidation sites excluding steroid dienone is 6. The number of aryl methyl sites for hydroxylation is 7. The molecular weight excluding hydrogens is 735 g/mol. The largest absolute Gasteiger partial charge is 0.0810 e. The van der Waals surface area contributed by atoms with Gasteiger partial charge in [-0.1, -0.05) is 182 Å². The van der Waals surface area contributed by atoms with E-state index < -0.39 is 15.1 Å². The van der Waals surface area contributed by atoms with E-state index in [-0.39, 0.29) is 0 Å². The van der Waals surface area contributed by atoms with E-state index in [1.165, 1.54) is 113 Å². The Morgan fingerprint density at radius 2 is 0.828 bits per heavy atom. The van der Waals surface area contributed by atoms with Crippen molar-refractivity contribution >= 4 is 47.5 Å². The Labute approximate surface area is 349 Å². The Morgan fingerprint density at radius 3 is 1.40 bits per heavy atom. The highest BCUT2D eigenvalue weighted by atomic mass is 31.1. The Morgan fingerprint density at radius 1 is 0.345 bits per heavy atom. The molecule has 0 aromatic heterocycles. The van der Waals surface area contributed by atoms with E-state index in [4.69, 9.17) is 0 Å². The minimum Gasteiger partial charge on any atom is -0.0810 e. The van der Waals surface area contributed by atoms with Gasteiger partial charge in [-0.25, -0.2) is 0 Å². The second-order valence-corrected chi connectivity index (χ2v) is 21.6. The predicted molar refractivity (Wildman–Crippen MR) is 263 cm³/mol. The molecule has 2 heteroatoms. The molecule has 0 nitrogen and oxygen atoms in total. The summed E-state index contributed by atoms with van der Waals surface area (Å²) in [6.45, 7) is 15.8. The first-order valence-corrected chi connectivity index (χ1v) is 24.3. The zero-order chi connectivity index (χ0) is 40.3. The van der Waals surface area contributed by atoms with Crippen molar-refractivity contribution in [3.8, 4) is 0 Å². The molecule has 0 N–H and O–H groups in total. The first-order chi connectivity index (χ1) is 28.1. The molecule has 0 aliphatic carbocycles. The number of rotatable bonds is 10. The van der Waals surface area contributed by atoms with E-state index in [0.29, 0.717) is 0 Å². The Hall–Kier alpha value is -5.12. The van der Waals surface area contributed by atoms with E-state index in [9.17, 15) is 0 Å². The van der Waals surface area contributed by atoms with Gasteiger partial charge in [0, 0.05) is 0 Å². The first kappa shape index (κ1) is 39.7. The van der Waals surface area contributed by atoms with Crippen LogP contribution in [0.2, 0.25) is 0 Å². The van der Waals surface area contributed by atoms with Crippen molar-refractivity contribution in [3.05, 3.63) is 236 Å². The van der Waals surface area contributed by atoms with Crippen LogP contribution in [-0.4, -0.2) is 22.9 Å². The zero-order valence-electron chi connectivity index (χ0n) is 35.2. The molecule has 290 valence electrons. The Balaban J connectivity index is 1.30. The fourth-order valence-electron chi connectivity index (χ4n) is 9.09. The summed E-state index contributed by atoms with van der Waals surface area (Å²) in [6.07, 6.45) is 13.7. The molecule has 2 unspecified atom stereocenters. The summed E-state index contributed by atoms with van der Waals surface area (Å²) in [7, 11) is -2.39. The quantitative estimate of drug-likeness (QED) is 0.121. The van der Waals surface area contributed by atoms with Gasteiger partial charge in [0.25, 0.3) is 0 Å². The fourth-order valence-corrected chi connectivity index (χ4v) is 15.7. The van der Waals surface area contributed by atoms with Crippen LogP contribution in [-0.2, 0) is 0 Å². The normalized spacial score (nSPS) is 16.7. The summed E-state index contributed by atoms with van der Waals surface area (Å²) in [5.74, 6) is 0. The highest BCUT2D eigenvalue weighted by Gasteiger charge is 2.24. The monoisotopic (exact) mass is 790 g/mol. The maximum Gasteiger partial charge on any atom is -0.0153 e. The van der Waals surface area contributed by atoms with Gasteiger partial charge in [-0.15, -0.1) is 0 Å². The van der Waals surface area contributed by atoms with Crippen molar-refractivity contribution in [2.45, 2.75) is 54.9 Å². The number of benzene rings is 6. The third-order valence-corrected chi connectivity index (χ3v) is 17.8. The summed E-state index contributed by atoms with van der Waals surface area (Å²) in [5.41, 5.74) is 20.1. The molecule has 2 aliphatic heterocycles. The second-order valence-electron chi connectivity index (χ2n) is 16.6. The van der Waals surface area contributed by atoms with Crippen molar-refractivity contribution in [3.63, 3.8) is 0 Å². The van der Waals surface area contributed by atoms with Crippen LogP contribution in [0.4, 0.5) is 0 Å². The zero-order valence-corrected chi connectivity index (χ0v) is 37.2. The number of hydrogen-bond acceptors (Lipinski definition) is 0. The van der Waals surface area contributed by atoms with Gasteiger partial charge in [0.05, 0.1) is 0 Å². The highest BCUT2D eigenvalue weighted by molar-refractivity contribution is 7.71. The molecule has 0 spiro atoms. The van der Waals surface area contributed by atoms with Gasteiger partial charge in [0.1, 0.15) is 0 Å². The molecule has 0 radical (unpaired) electrons. The SMILES string of the molecule is Cc1cccc(C2=CC(c3ccccc3)=CC(c3cc(C)cc(C)c3)=[PH]2CCC[PH]2=C(c3ccc(C)cc3C)C=C(c3ccccc3)C=C2c2ccc(C)cc2C)c1. The summed E-state index contributed by atoms with van der Waals surface area (Å²) in [4.78, 5) is 0. The van der Waals surface area contributed by atoms with Gasteiger partial charge in [0.2, 0.25) is 0 Å². The molecule has 8 rings (SSSR count). The Kier molecular flexibility index (Phi) is 11.9. The van der Waals surface area contributed by atoms with Crippen molar-refractivity contribution in [1.82, 2.24) is 0 Å². The van der Waals surface area contributed by atoms with Gasteiger partial charge in [0.15, 0.2) is 0 Å². The molecule has 6 aromatic carbocycles. The van der Waals surface area contributed by atoms with E-state index in [0.717, 1.165) is 0 Å². The topological polar surface area (TPSA) is 0 Å². The summed E-state index contributed by atoms with van der Waals surface area (Å²) >= 11 is 0. The van der Waals surface area contributed by atoms with Crippen molar-refractivity contribution in [2.24, 2.45) is 0 Å². The fraction of sp³-hybridized carbons (Fsp3) is 0.179. The van der Waals surface area contributed by atoms with Crippen molar-refractivity contribution in [2.75, 3.05) is 12.3 Å². The van der Waals surface area contributed by atoms with Crippen LogP contribution in [0, 0.1) is 48.5 Å². The maximum atomic E-state index is 2.56. The van der Waals surface area contributed by atoms with Crippen LogP contribution in [0.5, 0.6) is 0 Å². The summed E-state index contributed by atoms with van der Waals surface area (Å²) in [6, 6.07) is 52.6. The maximum absolute atomic E-state index is 2.56. The van der Waals surface area contributed by atoms with E-state index in [2.05, 4.69) is 212 Å². The minimum absolute atomic E-state index is 1.17. The molecular formula is C56H56P2. The molecule has 0 saturated heterocycles. The third-order valence-electron chi connectivity index (χ3n) is 11.8. The van der Waals surface area contributed by atoms with Crippen molar-refractivity contribution in [1.29, 1.82) is 0 Å². The molecule has 58 heavy (non-hydrogen) atoms. The van der Waals surface area contributed by atoms with Crippen molar-refractivity contribution < 1.29 is 0 Å². The van der Waals surface area contributed by atoms with Crippen LogP contribution < -0.4 is 0 Å². The first-order valence-electron chi connectivity index (χ1n) is 20.9. The van der Waals surface area contributed by atoms with Crippen LogP contribution in [0.15, 0.2) is 164 Å². The summed E-state index contributed by atoms with van der Waals surface area (Å²) in [5, 5.41) is 6.14. The van der Waals surface area contributed by atoms with Gasteiger partial charge < -0.3 is 0 Å². The second kappa shape index (κ2) is 17.4. The lowest BCUT2D eigenvalue weighted by atomic mass is 9.97. The van der Waals surface area contributed by atoms with Crippen LogP contribution >= 0.6 is 15.1 Å². The molecule has 0 amide bonds. The van der Waals surface area contributed by atoms with E-state index in [1.807, 2.05) is 0 Å². The van der Waals surface area contributed by atoms with E-state index >= 15 is 0 Å². The standard InChI is InChI=1S/C56H56P2/c1-38-16-14-21-47(31-38)53-34-48(45-17-10-8-11-18-45)35-54(50-32-41(4)28-42(5)33-50)57(53)26-15-27-58-55(51-24-22-39(2)29-43(51)6)36-49(46-19-12-9-13-20-46)37-56(58)52-25-23-40(3)30-44(52)7/h8-14,16-25,28-37,57-58H,15,26-27H2,1-7H3. The molecule has 0 saturated carbocycles. The molecule has 2 aliphatic rings. The van der Waals surface area contributed by atoms with Gasteiger partial charge in [-0.05, 0) is 168 Å². The minimum atomic E-state index is -1.20. The third kappa shape index (κ3) is 8.66. The highest BCUT2D eigenvalue weighted by Crippen LogP contribution is 2.53. The lowest BCUT2D eigenvalue weighted by Gasteiger charge is -2.28. The summed E-state index contributed by atoms with van der Waals surface area (Å²) < 4.78 is 0. The smallest absolute Gasteiger partial charge is 0.0153 e. The van der Waals surface area contributed by atoms with Crippen LogP contribution in [0.1, 0.15) is 78.7 Å². The average molecular weight is 791 g/mol. The van der Waals surface area contributed by atoms with Gasteiger partial charge >= 0.3 is 0 Å². The predicted octanol–water partition coefficient (Wildman–Crippen LogP) is 14.7. The molecule has 6 aromatic rings. The van der Waals surface area contributed by atoms with Crippen LogP contribution in [0.25, 0.3) is 21.8 Å². The molecule has 0 fully saturated rings. The van der Waals surface area contributed by atoms with Crippen LogP contribution in [0.3, 0.4) is 0 Å². The average Bonchev–Trinajstić information content (AvgIpc) is 3.21. The molecule has 0 bridgehead atoms. The molecule has 2 heterocycles. The van der Waals surface area contributed by atoms with Gasteiger partial charge in [-0.3, -0.25) is 0 Å². The van der Waals surface area contributed by atoms with Gasteiger partial charge in [-0.2, -0.15) is 0 Å².